The van der Waals surface area contributed by atoms with Crippen molar-refractivity contribution >= 4 is 0 Å². The quantitative estimate of drug-likeness (QED) is 0.630. The third-order valence-corrected chi connectivity index (χ3v) is 1.24. The lowest BCUT2D eigenvalue weighted by atomic mass is 10.2. The van der Waals surface area contributed by atoms with E-state index in [0.29, 0.717) is 12.2 Å². The molecule has 0 saturated heterocycles. The number of nitriles is 1. The van der Waals surface area contributed by atoms with Crippen LogP contribution in [0.3, 0.4) is 0 Å². The molecule has 0 amide bonds. The van der Waals surface area contributed by atoms with Gasteiger partial charge in [0.25, 0.3) is 0 Å². The summed E-state index contributed by atoms with van der Waals surface area (Å²) in [6.45, 7) is 0.454. The van der Waals surface area contributed by atoms with E-state index in [1.807, 2.05) is 6.07 Å². The lowest BCUT2D eigenvalue weighted by Crippen LogP contribution is -1.91. The molecule has 0 aromatic carbocycles. The number of methoxy groups -OCH3 is 1. The second-order valence-corrected chi connectivity index (χ2v) is 2.08. The molecule has 1 heterocycles. The molecule has 0 saturated carbocycles. The fraction of sp³-hybridized carbons (Fsp3) is 0.250. The molecule has 1 rings (SSSR count). The van der Waals surface area contributed by atoms with Gasteiger partial charge in [0.1, 0.15) is 0 Å². The van der Waals surface area contributed by atoms with Crippen LogP contribution < -0.4 is 0 Å². The molecule has 56 valence electrons. The first-order valence-electron chi connectivity index (χ1n) is 3.21. The zero-order valence-electron chi connectivity index (χ0n) is 6.24. The lowest BCUT2D eigenvalue weighted by Gasteiger charge is -1.96. The van der Waals surface area contributed by atoms with Crippen LogP contribution in [0.2, 0.25) is 0 Å². The highest BCUT2D eigenvalue weighted by Crippen LogP contribution is 2.00. The maximum Gasteiger partial charge on any atom is 0.0992 e. The smallest absolute Gasteiger partial charge is 0.0992 e. The molecule has 0 spiro atoms. The molecule has 3 heteroatoms. The van der Waals surface area contributed by atoms with Gasteiger partial charge in [0, 0.05) is 13.3 Å². The second-order valence-electron chi connectivity index (χ2n) is 2.08. The zero-order valence-corrected chi connectivity index (χ0v) is 6.24. The molecule has 0 aliphatic carbocycles. The van der Waals surface area contributed by atoms with Crippen LogP contribution in [0.15, 0.2) is 18.3 Å². The van der Waals surface area contributed by atoms with E-state index in [-0.39, 0.29) is 0 Å². The number of nitrogens with zero attached hydrogens (tertiary/aromatic N) is 2. The van der Waals surface area contributed by atoms with E-state index >= 15 is 0 Å². The summed E-state index contributed by atoms with van der Waals surface area (Å²) in [5.74, 6) is 0. The van der Waals surface area contributed by atoms with Crippen molar-refractivity contribution < 1.29 is 4.74 Å². The third kappa shape index (κ3) is 2.03. The predicted molar refractivity (Wildman–Crippen MR) is 39.7 cm³/mol. The average molecular weight is 148 g/mol. The van der Waals surface area contributed by atoms with Gasteiger partial charge in [0.05, 0.1) is 23.9 Å². The first kappa shape index (κ1) is 7.70. The van der Waals surface area contributed by atoms with Gasteiger partial charge in [0.2, 0.25) is 0 Å². The summed E-state index contributed by atoms with van der Waals surface area (Å²) in [6.07, 6.45) is 1.60. The maximum atomic E-state index is 8.51. The largest absolute Gasteiger partial charge is 0.378 e. The van der Waals surface area contributed by atoms with Crippen molar-refractivity contribution in [2.45, 2.75) is 6.61 Å². The van der Waals surface area contributed by atoms with E-state index in [2.05, 4.69) is 4.98 Å². The van der Waals surface area contributed by atoms with E-state index < -0.39 is 0 Å². The molecule has 0 fully saturated rings. The molecule has 0 aliphatic heterocycles. The Kier molecular flexibility index (Phi) is 2.59. The summed E-state index contributed by atoms with van der Waals surface area (Å²) in [7, 11) is 1.60. The summed E-state index contributed by atoms with van der Waals surface area (Å²) in [5.41, 5.74) is 1.40. The molecular formula is C8H8N2O. The molecule has 1 aromatic heterocycles. The van der Waals surface area contributed by atoms with E-state index in [1.165, 1.54) is 0 Å². The van der Waals surface area contributed by atoms with Gasteiger partial charge in [-0.1, -0.05) is 0 Å². The summed E-state index contributed by atoms with van der Waals surface area (Å²) < 4.78 is 4.86. The van der Waals surface area contributed by atoms with Crippen LogP contribution in [0.4, 0.5) is 0 Å². The Morgan fingerprint density at radius 2 is 2.55 bits per heavy atom. The number of pyridine rings is 1. The van der Waals surface area contributed by atoms with Gasteiger partial charge in [-0.05, 0) is 12.1 Å². The zero-order chi connectivity index (χ0) is 8.10. The molecule has 11 heavy (non-hydrogen) atoms. The van der Waals surface area contributed by atoms with Crippen LogP contribution in [0.5, 0.6) is 0 Å². The Hall–Kier alpha value is -1.40. The maximum absolute atomic E-state index is 8.51. The molecule has 0 aliphatic rings. The number of aromatic nitrogens is 1. The predicted octanol–water partition coefficient (Wildman–Crippen LogP) is 1.10. The van der Waals surface area contributed by atoms with Crippen molar-refractivity contribution in [1.29, 1.82) is 5.26 Å². The van der Waals surface area contributed by atoms with Crippen LogP contribution in [-0.2, 0) is 11.3 Å². The number of hydrogen-bond acceptors (Lipinski definition) is 3. The van der Waals surface area contributed by atoms with Crippen molar-refractivity contribution in [1.82, 2.24) is 4.98 Å². The minimum Gasteiger partial charge on any atom is -0.378 e. The van der Waals surface area contributed by atoms with Gasteiger partial charge in [-0.3, -0.25) is 4.98 Å². The van der Waals surface area contributed by atoms with Crippen LogP contribution >= 0.6 is 0 Å². The van der Waals surface area contributed by atoms with E-state index in [0.717, 1.165) is 5.69 Å². The summed E-state index contributed by atoms with van der Waals surface area (Å²) in [6, 6.07) is 5.41. The molecule has 0 atom stereocenters. The van der Waals surface area contributed by atoms with Crippen molar-refractivity contribution in [3.8, 4) is 6.07 Å². The number of hydrogen-bond donors (Lipinski definition) is 0. The Bertz CT molecular complexity index is 278. The standard InChI is InChI=1S/C8H8N2O/c1-11-6-8-4-7(5-9)2-3-10-8/h2-4H,6H2,1H3. The van der Waals surface area contributed by atoms with E-state index in [4.69, 9.17) is 10.00 Å². The van der Waals surface area contributed by atoms with Gasteiger partial charge < -0.3 is 4.74 Å². The Morgan fingerprint density at radius 3 is 3.18 bits per heavy atom. The Labute approximate surface area is 65.3 Å². The van der Waals surface area contributed by atoms with Crippen LogP contribution in [0.1, 0.15) is 11.3 Å². The Morgan fingerprint density at radius 1 is 1.73 bits per heavy atom. The first-order chi connectivity index (χ1) is 5.36. The van der Waals surface area contributed by atoms with Gasteiger partial charge in [0.15, 0.2) is 0 Å². The van der Waals surface area contributed by atoms with Gasteiger partial charge in [-0.15, -0.1) is 0 Å². The van der Waals surface area contributed by atoms with Gasteiger partial charge >= 0.3 is 0 Å². The molecule has 0 N–H and O–H groups in total. The third-order valence-electron chi connectivity index (χ3n) is 1.24. The van der Waals surface area contributed by atoms with Crippen molar-refractivity contribution in [3.63, 3.8) is 0 Å². The topological polar surface area (TPSA) is 45.9 Å². The lowest BCUT2D eigenvalue weighted by molar-refractivity contribution is 0.181. The summed E-state index contributed by atoms with van der Waals surface area (Å²) >= 11 is 0. The summed E-state index contributed by atoms with van der Waals surface area (Å²) in [5, 5.41) is 8.51. The molecular weight excluding hydrogens is 140 g/mol. The van der Waals surface area contributed by atoms with Crippen LogP contribution in [0.25, 0.3) is 0 Å². The minimum atomic E-state index is 0.454. The number of ether oxygens (including phenoxy) is 1. The van der Waals surface area contributed by atoms with E-state index in [9.17, 15) is 0 Å². The monoisotopic (exact) mass is 148 g/mol. The molecule has 0 unspecified atom stereocenters. The molecule has 0 bridgehead atoms. The first-order valence-corrected chi connectivity index (χ1v) is 3.21. The normalized spacial score (nSPS) is 9.09. The number of rotatable bonds is 2. The highest BCUT2D eigenvalue weighted by Gasteiger charge is 1.94. The Balaban J connectivity index is 2.85. The SMILES string of the molecule is COCc1cc(C#N)ccn1. The average Bonchev–Trinajstić information content (AvgIpc) is 2.06. The van der Waals surface area contributed by atoms with Crippen molar-refractivity contribution in [3.05, 3.63) is 29.6 Å². The van der Waals surface area contributed by atoms with Crippen LogP contribution in [0, 0.1) is 11.3 Å². The highest BCUT2D eigenvalue weighted by atomic mass is 16.5. The molecule has 0 radical (unpaired) electrons. The van der Waals surface area contributed by atoms with Crippen molar-refractivity contribution in [2.75, 3.05) is 7.11 Å². The molecule has 1 aromatic rings. The minimum absolute atomic E-state index is 0.454. The van der Waals surface area contributed by atoms with Gasteiger partial charge in [-0.2, -0.15) is 5.26 Å². The summed E-state index contributed by atoms with van der Waals surface area (Å²) in [4.78, 5) is 4.00. The van der Waals surface area contributed by atoms with Crippen molar-refractivity contribution in [2.24, 2.45) is 0 Å². The van der Waals surface area contributed by atoms with Crippen LogP contribution in [-0.4, -0.2) is 12.1 Å². The fourth-order valence-electron chi connectivity index (χ4n) is 0.775. The van der Waals surface area contributed by atoms with E-state index in [1.54, 1.807) is 25.4 Å². The highest BCUT2D eigenvalue weighted by molar-refractivity contribution is 5.28. The van der Waals surface area contributed by atoms with Gasteiger partial charge in [-0.25, -0.2) is 0 Å². The fourth-order valence-corrected chi connectivity index (χ4v) is 0.775. The second kappa shape index (κ2) is 3.69. The molecule has 3 nitrogen and oxygen atoms in total.